The van der Waals surface area contributed by atoms with E-state index in [1.807, 2.05) is 0 Å². The fourth-order valence-electron chi connectivity index (χ4n) is 0.167. The second-order valence-electron chi connectivity index (χ2n) is 1.45. The van der Waals surface area contributed by atoms with Gasteiger partial charge in [-0.05, 0) is 0 Å². The van der Waals surface area contributed by atoms with Crippen molar-refractivity contribution in [1.82, 2.24) is 0 Å². The topological polar surface area (TPSA) is 0 Å². The van der Waals surface area contributed by atoms with Crippen LogP contribution in [0.3, 0.4) is 0 Å². The molecular formula is C5H12Se. The van der Waals surface area contributed by atoms with Gasteiger partial charge in [-0.2, -0.15) is 0 Å². The van der Waals surface area contributed by atoms with Gasteiger partial charge >= 0.3 is 45.9 Å². The molecular weight excluding hydrogens is 139 g/mol. The standard InChI is InChI=1S/C5H12Se/c1-4-5(2)6-3/h5H,4H2,1-3H3. The Bertz CT molecular complexity index is 23.1. The molecule has 0 fully saturated rings. The first-order valence-corrected chi connectivity index (χ1v) is 5.04. The van der Waals surface area contributed by atoms with Crippen LogP contribution in [0.2, 0.25) is 10.6 Å². The van der Waals surface area contributed by atoms with Crippen molar-refractivity contribution < 1.29 is 0 Å². The van der Waals surface area contributed by atoms with Gasteiger partial charge in [0.25, 0.3) is 0 Å². The van der Waals surface area contributed by atoms with E-state index in [-0.39, 0.29) is 0 Å². The molecule has 0 spiro atoms. The molecule has 0 aliphatic rings. The molecule has 6 heavy (non-hydrogen) atoms. The Balaban J connectivity index is 2.75. The van der Waals surface area contributed by atoms with Crippen molar-refractivity contribution in [3.05, 3.63) is 0 Å². The second kappa shape index (κ2) is 3.70. The average Bonchev–Trinajstić information content (AvgIpc) is 1.65. The maximum atomic E-state index is 2.31. The fraction of sp³-hybridized carbons (Fsp3) is 1.00. The predicted octanol–water partition coefficient (Wildman–Crippen LogP) is 1.96. The zero-order chi connectivity index (χ0) is 4.99. The van der Waals surface area contributed by atoms with Crippen LogP contribution in [-0.4, -0.2) is 15.0 Å². The van der Waals surface area contributed by atoms with E-state index < -0.39 is 0 Å². The molecule has 0 aliphatic heterocycles. The molecule has 1 atom stereocenters. The Labute approximate surface area is 46.5 Å². The summed E-state index contributed by atoms with van der Waals surface area (Å²) in [4.78, 5) is 0.998. The molecule has 38 valence electrons. The van der Waals surface area contributed by atoms with E-state index >= 15 is 0 Å². The SMILES string of the molecule is CCC(C)[Se]C. The van der Waals surface area contributed by atoms with Crippen LogP contribution in [0.1, 0.15) is 20.3 Å². The van der Waals surface area contributed by atoms with Gasteiger partial charge in [0.05, 0.1) is 0 Å². The Kier molecular flexibility index (Phi) is 4.02. The van der Waals surface area contributed by atoms with E-state index in [1.165, 1.54) is 6.42 Å². The van der Waals surface area contributed by atoms with Crippen LogP contribution in [0.4, 0.5) is 0 Å². The summed E-state index contributed by atoms with van der Waals surface area (Å²) < 4.78 is 0. The third kappa shape index (κ3) is 2.74. The molecule has 0 saturated heterocycles. The normalized spacial score (nSPS) is 14.5. The summed E-state index contributed by atoms with van der Waals surface area (Å²) in [6.07, 6.45) is 1.36. The van der Waals surface area contributed by atoms with Gasteiger partial charge in [0.1, 0.15) is 0 Å². The number of hydrogen-bond acceptors (Lipinski definition) is 0. The first-order chi connectivity index (χ1) is 2.81. The summed E-state index contributed by atoms with van der Waals surface area (Å²) in [6.45, 7) is 4.55. The first-order valence-electron chi connectivity index (χ1n) is 2.34. The molecule has 0 nitrogen and oxygen atoms in total. The second-order valence-corrected chi connectivity index (χ2v) is 4.13. The van der Waals surface area contributed by atoms with Crippen LogP contribution in [0, 0.1) is 0 Å². The van der Waals surface area contributed by atoms with E-state index in [2.05, 4.69) is 19.7 Å². The Morgan fingerprint density at radius 1 is 1.67 bits per heavy atom. The van der Waals surface area contributed by atoms with Crippen molar-refractivity contribution in [3.63, 3.8) is 0 Å². The van der Waals surface area contributed by atoms with Gasteiger partial charge in [-0.15, -0.1) is 0 Å². The minimum atomic E-state index is 0.884. The summed E-state index contributed by atoms with van der Waals surface area (Å²) in [6, 6.07) is 0. The van der Waals surface area contributed by atoms with E-state index in [1.54, 1.807) is 0 Å². The van der Waals surface area contributed by atoms with Crippen molar-refractivity contribution in [2.75, 3.05) is 0 Å². The summed E-state index contributed by atoms with van der Waals surface area (Å²) in [5.74, 6) is 2.29. The van der Waals surface area contributed by atoms with E-state index in [9.17, 15) is 0 Å². The summed E-state index contributed by atoms with van der Waals surface area (Å²) in [5, 5.41) is 0. The summed E-state index contributed by atoms with van der Waals surface area (Å²) >= 11 is 0.884. The fourth-order valence-corrected chi connectivity index (χ4v) is 0.866. The zero-order valence-corrected chi connectivity index (χ0v) is 6.41. The van der Waals surface area contributed by atoms with Crippen LogP contribution >= 0.6 is 0 Å². The van der Waals surface area contributed by atoms with Crippen molar-refractivity contribution >= 4 is 15.0 Å². The molecule has 1 heteroatoms. The van der Waals surface area contributed by atoms with Crippen LogP contribution in [0.15, 0.2) is 0 Å². The predicted molar refractivity (Wildman–Crippen MR) is 31.3 cm³/mol. The number of rotatable bonds is 2. The minimum absolute atomic E-state index is 0.884. The molecule has 1 unspecified atom stereocenters. The quantitative estimate of drug-likeness (QED) is 0.529. The van der Waals surface area contributed by atoms with Crippen molar-refractivity contribution in [2.24, 2.45) is 0 Å². The molecule has 0 aromatic heterocycles. The Morgan fingerprint density at radius 2 is 2.17 bits per heavy atom. The van der Waals surface area contributed by atoms with Crippen molar-refractivity contribution in [1.29, 1.82) is 0 Å². The molecule has 0 N–H and O–H groups in total. The van der Waals surface area contributed by atoms with Crippen LogP contribution in [0.25, 0.3) is 0 Å². The van der Waals surface area contributed by atoms with Crippen LogP contribution in [0.5, 0.6) is 0 Å². The summed E-state index contributed by atoms with van der Waals surface area (Å²) in [5.41, 5.74) is 0. The Hall–Kier alpha value is 0.519. The molecule has 0 amide bonds. The van der Waals surface area contributed by atoms with Gasteiger partial charge in [-0.1, -0.05) is 0 Å². The molecule has 0 aromatic rings. The Morgan fingerprint density at radius 3 is 2.17 bits per heavy atom. The molecule has 0 aliphatic carbocycles. The molecule has 0 radical (unpaired) electrons. The first kappa shape index (κ1) is 6.52. The molecule has 0 saturated carbocycles. The zero-order valence-electron chi connectivity index (χ0n) is 4.69. The van der Waals surface area contributed by atoms with Gasteiger partial charge in [0, 0.05) is 0 Å². The third-order valence-corrected chi connectivity index (χ3v) is 3.37. The van der Waals surface area contributed by atoms with Gasteiger partial charge in [-0.3, -0.25) is 0 Å². The van der Waals surface area contributed by atoms with E-state index in [4.69, 9.17) is 0 Å². The molecule has 0 bridgehead atoms. The van der Waals surface area contributed by atoms with E-state index in [0.29, 0.717) is 0 Å². The van der Waals surface area contributed by atoms with Crippen molar-refractivity contribution in [3.8, 4) is 0 Å². The molecule has 0 rings (SSSR count). The number of hydrogen-bond donors (Lipinski definition) is 0. The molecule has 0 heterocycles. The third-order valence-electron chi connectivity index (χ3n) is 0.977. The van der Waals surface area contributed by atoms with Crippen molar-refractivity contribution in [2.45, 2.75) is 30.9 Å². The maximum absolute atomic E-state index is 2.31. The molecule has 0 aromatic carbocycles. The van der Waals surface area contributed by atoms with Gasteiger partial charge < -0.3 is 0 Å². The monoisotopic (exact) mass is 152 g/mol. The van der Waals surface area contributed by atoms with Gasteiger partial charge in [-0.25, -0.2) is 0 Å². The van der Waals surface area contributed by atoms with E-state index in [0.717, 1.165) is 19.8 Å². The van der Waals surface area contributed by atoms with Gasteiger partial charge in [0.15, 0.2) is 0 Å². The summed E-state index contributed by atoms with van der Waals surface area (Å²) in [7, 11) is 0. The van der Waals surface area contributed by atoms with Crippen LogP contribution in [-0.2, 0) is 0 Å². The van der Waals surface area contributed by atoms with Crippen LogP contribution < -0.4 is 0 Å². The average molecular weight is 151 g/mol. The van der Waals surface area contributed by atoms with Gasteiger partial charge in [0.2, 0.25) is 0 Å².